The summed E-state index contributed by atoms with van der Waals surface area (Å²) in [5, 5.41) is 57.5. The molecule has 0 radical (unpaired) electrons. The van der Waals surface area contributed by atoms with Crippen molar-refractivity contribution in [1.29, 1.82) is 0 Å². The maximum atomic E-state index is 11.3. The zero-order chi connectivity index (χ0) is 15.0. The van der Waals surface area contributed by atoms with E-state index in [-0.39, 0.29) is 13.2 Å². The van der Waals surface area contributed by atoms with Crippen LogP contribution in [0, 0.1) is 0 Å². The predicted octanol–water partition coefficient (Wildman–Crippen LogP) is -4.45. The second-order valence-corrected chi connectivity index (χ2v) is 3.95. The van der Waals surface area contributed by atoms with E-state index in [9.17, 15) is 25.2 Å². The molecule has 0 aliphatic carbocycles. The highest BCUT2D eigenvalue weighted by molar-refractivity contribution is 5.81. The number of ether oxygens (including phenoxy) is 1. The number of hydrogen-bond acceptors (Lipinski definition) is 8. The Balaban J connectivity index is 4.37. The van der Waals surface area contributed by atoms with E-state index >= 15 is 0 Å². The minimum atomic E-state index is -2.02. The van der Waals surface area contributed by atoms with Gasteiger partial charge in [-0.25, -0.2) is 0 Å². The van der Waals surface area contributed by atoms with Crippen LogP contribution in [0.5, 0.6) is 0 Å². The van der Waals surface area contributed by atoms with Gasteiger partial charge in [0.2, 0.25) is 0 Å². The average Bonchev–Trinajstić information content (AvgIpc) is 2.43. The fourth-order valence-corrected chi connectivity index (χ4v) is 1.26. The van der Waals surface area contributed by atoms with Crippen molar-refractivity contribution in [2.24, 2.45) is 0 Å². The van der Waals surface area contributed by atoms with Crippen LogP contribution in [0.25, 0.3) is 0 Å². The zero-order valence-corrected chi connectivity index (χ0v) is 10.5. The molecular weight excluding hydrogens is 262 g/mol. The lowest BCUT2D eigenvalue weighted by Crippen LogP contribution is -2.54. The highest BCUT2D eigenvalue weighted by Crippen LogP contribution is 2.08. The summed E-state index contributed by atoms with van der Waals surface area (Å²) in [7, 11) is 1.41. The molecular formula is C10H21NO8. The average molecular weight is 283 g/mol. The van der Waals surface area contributed by atoms with Gasteiger partial charge < -0.3 is 40.7 Å². The maximum Gasteiger partial charge on any atom is 0.251 e. The van der Waals surface area contributed by atoms with Crippen LogP contribution in [-0.2, 0) is 9.53 Å². The second-order valence-electron chi connectivity index (χ2n) is 3.95. The summed E-state index contributed by atoms with van der Waals surface area (Å²) in [6, 6.07) is 0. The molecule has 7 N–H and O–H groups in total. The Morgan fingerprint density at radius 3 is 2.16 bits per heavy atom. The summed E-state index contributed by atoms with van der Waals surface area (Å²) < 4.78 is 4.66. The highest BCUT2D eigenvalue weighted by atomic mass is 16.5. The topological polar surface area (TPSA) is 160 Å². The van der Waals surface area contributed by atoms with E-state index in [4.69, 9.17) is 10.2 Å². The number of hydrogen-bond donors (Lipinski definition) is 7. The van der Waals surface area contributed by atoms with Crippen LogP contribution in [-0.4, -0.2) is 93.9 Å². The quantitative estimate of drug-likeness (QED) is 0.209. The van der Waals surface area contributed by atoms with Gasteiger partial charge in [0.1, 0.15) is 24.4 Å². The molecule has 0 heterocycles. The largest absolute Gasteiger partial charge is 0.394 e. The van der Waals surface area contributed by atoms with Gasteiger partial charge in [-0.3, -0.25) is 4.79 Å². The summed E-state index contributed by atoms with van der Waals surface area (Å²) in [4.78, 5) is 11.3. The minimum Gasteiger partial charge on any atom is -0.394 e. The van der Waals surface area contributed by atoms with Gasteiger partial charge in [-0.05, 0) is 0 Å². The van der Waals surface area contributed by atoms with Crippen molar-refractivity contribution in [3.05, 3.63) is 0 Å². The molecule has 0 aromatic carbocycles. The summed E-state index contributed by atoms with van der Waals surface area (Å²) in [6.45, 7) is -0.554. The van der Waals surface area contributed by atoms with Crippen LogP contribution >= 0.6 is 0 Å². The lowest BCUT2D eigenvalue weighted by molar-refractivity contribution is -0.157. The lowest BCUT2D eigenvalue weighted by atomic mass is 9.99. The summed E-state index contributed by atoms with van der Waals surface area (Å²) in [5.41, 5.74) is 0. The molecule has 9 nitrogen and oxygen atoms in total. The Morgan fingerprint density at radius 1 is 1.11 bits per heavy atom. The number of aliphatic hydroxyl groups is 6. The van der Waals surface area contributed by atoms with Crippen LogP contribution in [0.4, 0.5) is 0 Å². The Kier molecular flexibility index (Phi) is 8.76. The number of methoxy groups -OCH3 is 1. The Morgan fingerprint density at radius 2 is 1.68 bits per heavy atom. The van der Waals surface area contributed by atoms with Gasteiger partial charge in [-0.2, -0.15) is 0 Å². The molecule has 0 aromatic rings. The first-order valence-electron chi connectivity index (χ1n) is 5.64. The summed E-state index contributed by atoms with van der Waals surface area (Å²) >= 11 is 0. The summed E-state index contributed by atoms with van der Waals surface area (Å²) in [6.07, 6.45) is -9.61. The molecule has 0 saturated heterocycles. The normalized spacial score (nSPS) is 19.3. The van der Waals surface area contributed by atoms with Crippen LogP contribution in [0.15, 0.2) is 0 Å². The van der Waals surface area contributed by atoms with Gasteiger partial charge in [-0.15, -0.1) is 0 Å². The first kappa shape index (κ1) is 18.2. The number of rotatable bonds is 9. The van der Waals surface area contributed by atoms with Gasteiger partial charge in [0.05, 0.1) is 13.2 Å². The highest BCUT2D eigenvalue weighted by Gasteiger charge is 2.36. The number of carbonyl (C=O) groups is 1. The molecule has 0 saturated carbocycles. The first-order valence-corrected chi connectivity index (χ1v) is 5.64. The minimum absolute atomic E-state index is 0.0943. The summed E-state index contributed by atoms with van der Waals surface area (Å²) in [5.74, 6) is -0.964. The maximum absolute atomic E-state index is 11.3. The first-order chi connectivity index (χ1) is 8.86. The number of carbonyl (C=O) groups excluding carboxylic acids is 1. The number of aliphatic hydroxyl groups excluding tert-OH is 6. The molecule has 9 heteroatoms. The third-order valence-electron chi connectivity index (χ3n) is 2.48. The number of nitrogens with one attached hydrogen (secondary N) is 1. The predicted molar refractivity (Wildman–Crippen MR) is 62.0 cm³/mol. The van der Waals surface area contributed by atoms with Gasteiger partial charge in [0.15, 0.2) is 6.10 Å². The third kappa shape index (κ3) is 5.78. The van der Waals surface area contributed by atoms with Crippen molar-refractivity contribution in [1.82, 2.24) is 5.32 Å². The lowest BCUT2D eigenvalue weighted by Gasteiger charge is -2.27. The molecule has 0 bridgehead atoms. The van der Waals surface area contributed by atoms with Gasteiger partial charge >= 0.3 is 0 Å². The van der Waals surface area contributed by atoms with Crippen LogP contribution < -0.4 is 5.32 Å². The van der Waals surface area contributed by atoms with E-state index in [1.165, 1.54) is 7.11 Å². The van der Waals surface area contributed by atoms with E-state index in [0.717, 1.165) is 0 Å². The second kappa shape index (κ2) is 9.15. The van der Waals surface area contributed by atoms with E-state index in [1.807, 2.05) is 0 Å². The smallest absolute Gasteiger partial charge is 0.251 e. The standard InChI is InChI=1S/C10H21NO8/c1-19-3-2-11-10(18)9(17)8(16)7(15)6(14)5(13)4-12/h5-9,12-17H,2-4H2,1H3,(H,11,18)/t5-,6-,7+,8-,9-/m1/s1. The molecule has 0 aliphatic heterocycles. The molecule has 19 heavy (non-hydrogen) atoms. The SMILES string of the molecule is COCCNC(=O)[C@H](O)[C@H](O)[C@@H](O)[C@H](O)[C@H](O)CO. The van der Waals surface area contributed by atoms with E-state index < -0.39 is 43.0 Å². The van der Waals surface area contributed by atoms with Gasteiger partial charge in [-0.1, -0.05) is 0 Å². The van der Waals surface area contributed by atoms with E-state index in [0.29, 0.717) is 0 Å². The monoisotopic (exact) mass is 283 g/mol. The van der Waals surface area contributed by atoms with Gasteiger partial charge in [0.25, 0.3) is 5.91 Å². The molecule has 0 rings (SSSR count). The van der Waals surface area contributed by atoms with Crippen molar-refractivity contribution in [3.8, 4) is 0 Å². The van der Waals surface area contributed by atoms with Crippen molar-refractivity contribution in [3.63, 3.8) is 0 Å². The van der Waals surface area contributed by atoms with Crippen molar-refractivity contribution in [2.75, 3.05) is 26.9 Å². The molecule has 0 aromatic heterocycles. The fraction of sp³-hybridized carbons (Fsp3) is 0.900. The molecule has 0 aliphatic rings. The molecule has 5 atom stereocenters. The van der Waals surface area contributed by atoms with Crippen LogP contribution in [0.3, 0.4) is 0 Å². The van der Waals surface area contributed by atoms with Crippen LogP contribution in [0.2, 0.25) is 0 Å². The zero-order valence-electron chi connectivity index (χ0n) is 10.5. The Bertz CT molecular complexity index is 264. The van der Waals surface area contributed by atoms with E-state index in [1.54, 1.807) is 0 Å². The molecule has 0 unspecified atom stereocenters. The van der Waals surface area contributed by atoms with Crippen molar-refractivity contribution < 1.29 is 40.2 Å². The molecule has 1 amide bonds. The third-order valence-corrected chi connectivity index (χ3v) is 2.48. The Hall–Kier alpha value is -0.810. The van der Waals surface area contributed by atoms with Gasteiger partial charge in [0, 0.05) is 13.7 Å². The van der Waals surface area contributed by atoms with Crippen molar-refractivity contribution >= 4 is 5.91 Å². The number of amides is 1. The van der Waals surface area contributed by atoms with E-state index in [2.05, 4.69) is 10.1 Å². The molecule has 0 fully saturated rings. The van der Waals surface area contributed by atoms with Crippen molar-refractivity contribution in [2.45, 2.75) is 30.5 Å². The fourth-order valence-electron chi connectivity index (χ4n) is 1.26. The molecule has 0 spiro atoms. The Labute approximate surface area is 110 Å². The molecule has 114 valence electrons. The van der Waals surface area contributed by atoms with Crippen LogP contribution in [0.1, 0.15) is 0 Å².